The molecule has 0 radical (unpaired) electrons. The fraction of sp³-hybridized carbons (Fsp3) is 0.426. The number of aromatic nitrogens is 8. The molecule has 0 atom stereocenters. The number of H-pyrrole nitrogens is 1. The Morgan fingerprint density at radius 1 is 0.775 bits per heavy atom. The van der Waals surface area contributed by atoms with Gasteiger partial charge in [0.15, 0.2) is 11.5 Å². The molecule has 2 aliphatic carbocycles. The molecule has 2 saturated carbocycles. The van der Waals surface area contributed by atoms with Gasteiger partial charge in [-0.3, -0.25) is 15.2 Å². The zero-order chi connectivity index (χ0) is 51.0. The Balaban J connectivity index is 0.000000216. The first kappa shape index (κ1) is 51.0. The number of hydrogen-bond donors (Lipinski definition) is 8. The van der Waals surface area contributed by atoms with E-state index in [-0.39, 0.29) is 58.9 Å². The third-order valence-corrected chi connectivity index (χ3v) is 11.0. The first-order valence-electron chi connectivity index (χ1n) is 23.0. The third-order valence-electron chi connectivity index (χ3n) is 11.0. The first-order chi connectivity index (χ1) is 33.6. The summed E-state index contributed by atoms with van der Waals surface area (Å²) in [5.74, 6) is -0.294. The van der Waals surface area contributed by atoms with Crippen LogP contribution in [0.4, 0.5) is 69.3 Å². The van der Waals surface area contributed by atoms with E-state index in [2.05, 4.69) is 56.5 Å². The van der Waals surface area contributed by atoms with Crippen molar-refractivity contribution in [1.82, 2.24) is 39.0 Å². The normalized spacial score (nSPS) is 18.0. The lowest BCUT2D eigenvalue weighted by atomic mass is 9.93. The van der Waals surface area contributed by atoms with Crippen LogP contribution < -0.4 is 38.0 Å². The number of nitrogens with zero attached hydrogens (tertiary/aromatic N) is 7. The van der Waals surface area contributed by atoms with Gasteiger partial charge in [-0.15, -0.1) is 0 Å². The summed E-state index contributed by atoms with van der Waals surface area (Å²) in [5.41, 5.74) is 6.51. The predicted molar refractivity (Wildman–Crippen MR) is 261 cm³/mol. The number of imidazole rings is 2. The lowest BCUT2D eigenvalue weighted by molar-refractivity contribution is 0.0624. The van der Waals surface area contributed by atoms with Gasteiger partial charge in [0.25, 0.3) is 0 Å². The maximum absolute atomic E-state index is 14.1. The molecule has 6 aromatic rings. The lowest BCUT2D eigenvalue weighted by Gasteiger charge is -2.28. The molecule has 2 aliphatic rings. The molecule has 2 amide bonds. The van der Waals surface area contributed by atoms with E-state index < -0.39 is 41.1 Å². The second kappa shape index (κ2) is 21.8. The number of nitrogens with two attached hydrogens (primary N) is 1. The van der Waals surface area contributed by atoms with Crippen molar-refractivity contribution in [3.63, 3.8) is 0 Å². The minimum atomic E-state index is -0.718. The maximum atomic E-state index is 14.1. The summed E-state index contributed by atoms with van der Waals surface area (Å²) >= 11 is 0. The molecule has 0 bridgehead atoms. The molecule has 8 rings (SSSR count). The number of rotatable bonds is 10. The van der Waals surface area contributed by atoms with Crippen molar-refractivity contribution < 1.29 is 42.5 Å². The number of hydrogen-bond acceptors (Lipinski definition) is 17. The van der Waals surface area contributed by atoms with Crippen molar-refractivity contribution >= 4 is 75.6 Å². The van der Waals surface area contributed by atoms with E-state index in [1.165, 1.54) is 72.1 Å². The molecule has 9 N–H and O–H groups in total. The second-order valence-corrected chi connectivity index (χ2v) is 19.0. The number of carbonyl (C=O) groups excluding carboxylic acids is 3. The number of halogens is 2. The minimum absolute atomic E-state index is 0.0982. The standard InChI is InChI=1S/C26H29FN8O5.C21H29FN6O3/c1-26(2,3)40-24(37)32-18-9-4-15(27)12-19(18)30-22-29-13-20-21(33-22)35(23(36)31-20)16-5-7-17(8-6-16)39-25(38)34-11-10-28-14-34;1-21(2,3)31-20(30)27-16-9-4-12(22)10-17(16)26-19-24-11-15(23)18(28-19)25-13-5-7-14(29)8-6-13/h4,9-14,16-17H,5-8H2,1-3H3,(H,31,36)(H,32,37)(H,29,30,33);4,9-11,13-14,29H,5-8,23H2,1-3H3,(H,27,30)(H2,24,25,26,28). The predicted octanol–water partition coefficient (Wildman–Crippen LogP) is 8.72. The summed E-state index contributed by atoms with van der Waals surface area (Å²) in [7, 11) is 0. The van der Waals surface area contributed by atoms with Crippen molar-refractivity contribution in [2.45, 2.75) is 128 Å². The number of nitrogens with one attached hydrogen (secondary N) is 6. The molecule has 22 nitrogen and oxygen atoms in total. The van der Waals surface area contributed by atoms with Crippen molar-refractivity contribution in [2.75, 3.05) is 32.3 Å². The Morgan fingerprint density at radius 2 is 1.34 bits per heavy atom. The SMILES string of the molecule is CC(C)(C)OC(=O)Nc1ccc(F)cc1Nc1ncc(N)c(NC2CCC(O)CC2)n1.CC(C)(C)OC(=O)Nc1ccc(F)cc1Nc1ncc2[nH]c(=O)n(C3CCC(OC(=O)n4ccnc4)CC3)c2n1. The van der Waals surface area contributed by atoms with Gasteiger partial charge < -0.3 is 46.0 Å². The maximum Gasteiger partial charge on any atom is 0.419 e. The first-order valence-corrected chi connectivity index (χ1v) is 23.0. The highest BCUT2D eigenvalue weighted by Crippen LogP contribution is 2.33. The Hall–Kier alpha value is -7.89. The summed E-state index contributed by atoms with van der Waals surface area (Å²) in [5, 5.41) is 24.0. The molecule has 4 aromatic heterocycles. The van der Waals surface area contributed by atoms with Gasteiger partial charge in [0.2, 0.25) is 11.9 Å². The number of carbonyl (C=O) groups is 3. The van der Waals surface area contributed by atoms with E-state index in [0.717, 1.165) is 25.7 Å². The molecular formula is C47H58F2N14O8. The van der Waals surface area contributed by atoms with Crippen LogP contribution >= 0.6 is 0 Å². The highest BCUT2D eigenvalue weighted by Gasteiger charge is 2.29. The number of aliphatic hydroxyl groups is 1. The second-order valence-electron chi connectivity index (χ2n) is 19.0. The van der Waals surface area contributed by atoms with Crippen LogP contribution in [0.2, 0.25) is 0 Å². The van der Waals surface area contributed by atoms with Crippen LogP contribution in [0.1, 0.15) is 99.0 Å². The van der Waals surface area contributed by atoms with Crippen LogP contribution in [0, 0.1) is 11.6 Å². The number of ether oxygens (including phenoxy) is 3. The third kappa shape index (κ3) is 14.3. The molecule has 0 aliphatic heterocycles. The topological polar surface area (TPSA) is 292 Å². The fourth-order valence-electron chi connectivity index (χ4n) is 7.81. The monoisotopic (exact) mass is 984 g/mol. The van der Waals surface area contributed by atoms with E-state index in [1.807, 2.05) is 0 Å². The van der Waals surface area contributed by atoms with Gasteiger partial charge in [0, 0.05) is 24.5 Å². The lowest BCUT2D eigenvalue weighted by Crippen LogP contribution is -2.30. The smallest absolute Gasteiger partial charge is 0.419 e. The Morgan fingerprint density at radius 3 is 1.89 bits per heavy atom. The molecule has 0 spiro atoms. The zero-order valence-corrected chi connectivity index (χ0v) is 40.1. The number of aromatic amines is 1. The molecule has 24 heteroatoms. The van der Waals surface area contributed by atoms with Crippen LogP contribution in [0.15, 0.2) is 72.3 Å². The van der Waals surface area contributed by atoms with Gasteiger partial charge in [0.1, 0.15) is 40.8 Å². The zero-order valence-electron chi connectivity index (χ0n) is 40.1. The Bertz CT molecular complexity index is 2880. The molecule has 2 fully saturated rings. The number of amides is 2. The van der Waals surface area contributed by atoms with Crippen LogP contribution in [0.5, 0.6) is 0 Å². The quantitative estimate of drug-likeness (QED) is 0.0595. The summed E-state index contributed by atoms with van der Waals surface area (Å²) in [6, 6.07) is 7.63. The molecule has 0 unspecified atom stereocenters. The molecular weight excluding hydrogens is 927 g/mol. The van der Waals surface area contributed by atoms with E-state index in [9.17, 15) is 33.1 Å². The van der Waals surface area contributed by atoms with Gasteiger partial charge >= 0.3 is 24.0 Å². The summed E-state index contributed by atoms with van der Waals surface area (Å²) < 4.78 is 46.9. The van der Waals surface area contributed by atoms with Crippen molar-refractivity contribution in [3.8, 4) is 0 Å². The molecule has 4 heterocycles. The van der Waals surface area contributed by atoms with Gasteiger partial charge in [-0.2, -0.15) is 9.97 Å². The Kier molecular flexibility index (Phi) is 15.7. The van der Waals surface area contributed by atoms with Gasteiger partial charge in [-0.1, -0.05) is 0 Å². The molecule has 378 valence electrons. The molecule has 2 aromatic carbocycles. The summed E-state index contributed by atoms with van der Waals surface area (Å²) in [4.78, 5) is 73.5. The highest BCUT2D eigenvalue weighted by atomic mass is 19.1. The minimum Gasteiger partial charge on any atom is -0.446 e. The number of fused-ring (bicyclic) bond motifs is 1. The molecule has 0 saturated heterocycles. The van der Waals surface area contributed by atoms with Crippen molar-refractivity contribution in [2.24, 2.45) is 0 Å². The fourth-order valence-corrected chi connectivity index (χ4v) is 7.81. The van der Waals surface area contributed by atoms with Crippen LogP contribution in [-0.4, -0.2) is 91.9 Å². The number of nitrogen functional groups attached to an aromatic ring is 1. The number of benzene rings is 2. The average Bonchev–Trinajstić information content (AvgIpc) is 3.95. The summed E-state index contributed by atoms with van der Waals surface area (Å²) in [6.07, 6.45) is 10.3. The van der Waals surface area contributed by atoms with E-state index in [4.69, 9.17) is 19.9 Å². The van der Waals surface area contributed by atoms with Crippen LogP contribution in [0.3, 0.4) is 0 Å². The van der Waals surface area contributed by atoms with Gasteiger partial charge in [-0.25, -0.2) is 47.5 Å². The van der Waals surface area contributed by atoms with Crippen LogP contribution in [0.25, 0.3) is 11.2 Å². The number of anilines is 8. The van der Waals surface area contributed by atoms with E-state index in [1.54, 1.807) is 46.1 Å². The van der Waals surface area contributed by atoms with Gasteiger partial charge in [0.05, 0.1) is 46.9 Å². The van der Waals surface area contributed by atoms with E-state index in [0.29, 0.717) is 54.0 Å². The van der Waals surface area contributed by atoms with Gasteiger partial charge in [-0.05, 0) is 129 Å². The van der Waals surface area contributed by atoms with Crippen molar-refractivity contribution in [1.29, 1.82) is 0 Å². The Labute approximate surface area is 406 Å². The number of aliphatic hydroxyl groups excluding tert-OH is 1. The summed E-state index contributed by atoms with van der Waals surface area (Å²) in [6.45, 7) is 10.4. The highest BCUT2D eigenvalue weighted by molar-refractivity contribution is 5.91. The molecule has 71 heavy (non-hydrogen) atoms. The van der Waals surface area contributed by atoms with Crippen LogP contribution in [-0.2, 0) is 14.2 Å². The van der Waals surface area contributed by atoms with E-state index >= 15 is 0 Å². The van der Waals surface area contributed by atoms with Crippen molar-refractivity contribution in [3.05, 3.63) is 89.6 Å². The largest absolute Gasteiger partial charge is 0.446 e. The average molecular weight is 985 g/mol.